The van der Waals surface area contributed by atoms with Crippen molar-refractivity contribution in [2.75, 3.05) is 0 Å². The number of carboxylic acid groups (broad SMARTS) is 1. The first-order chi connectivity index (χ1) is 9.70. The second-order valence-electron chi connectivity index (χ2n) is 6.40. The van der Waals surface area contributed by atoms with Gasteiger partial charge in [-0.1, -0.05) is 25.7 Å². The highest BCUT2D eigenvalue weighted by Gasteiger charge is 2.40. The van der Waals surface area contributed by atoms with Crippen molar-refractivity contribution in [1.82, 2.24) is 20.2 Å². The molecule has 2 aliphatic rings. The molecule has 2 aliphatic carbocycles. The number of carboxylic acids is 1. The predicted octanol–water partition coefficient (Wildman–Crippen LogP) is 2.05. The van der Waals surface area contributed by atoms with E-state index in [4.69, 9.17) is 0 Å². The zero-order chi connectivity index (χ0) is 14.0. The Morgan fingerprint density at radius 1 is 1.25 bits per heavy atom. The third kappa shape index (κ3) is 2.83. The second kappa shape index (κ2) is 5.50. The molecule has 0 amide bonds. The Labute approximate surface area is 118 Å². The monoisotopic (exact) mass is 278 g/mol. The van der Waals surface area contributed by atoms with E-state index in [1.54, 1.807) is 4.68 Å². The zero-order valence-electron chi connectivity index (χ0n) is 11.8. The van der Waals surface area contributed by atoms with Crippen LogP contribution >= 0.6 is 0 Å². The van der Waals surface area contributed by atoms with Crippen LogP contribution in [0.4, 0.5) is 0 Å². The van der Waals surface area contributed by atoms with Gasteiger partial charge < -0.3 is 5.11 Å². The van der Waals surface area contributed by atoms with E-state index >= 15 is 0 Å². The maximum Gasteiger partial charge on any atom is 0.311 e. The van der Waals surface area contributed by atoms with Gasteiger partial charge in [-0.2, -0.15) is 0 Å². The molecule has 6 nitrogen and oxygen atoms in total. The summed E-state index contributed by atoms with van der Waals surface area (Å²) >= 11 is 0. The molecular formula is C14H22N4O2. The summed E-state index contributed by atoms with van der Waals surface area (Å²) in [5.74, 6) is 0.874. The van der Waals surface area contributed by atoms with Crippen LogP contribution in [0.1, 0.15) is 57.2 Å². The minimum Gasteiger partial charge on any atom is -0.481 e. The van der Waals surface area contributed by atoms with Crippen LogP contribution in [-0.2, 0) is 17.8 Å². The van der Waals surface area contributed by atoms with E-state index in [9.17, 15) is 9.90 Å². The zero-order valence-corrected chi connectivity index (χ0v) is 11.8. The molecule has 0 bridgehead atoms. The predicted molar refractivity (Wildman–Crippen MR) is 72.0 cm³/mol. The Kier molecular flexibility index (Phi) is 3.72. The molecule has 0 unspecified atom stereocenters. The molecule has 0 aliphatic heterocycles. The maximum atomic E-state index is 11.8. The standard InChI is InChI=1S/C14H22N4O2/c19-13(20)14(7-3-1-2-4-8-14)10-18-12(15-16-17-18)9-11-5-6-11/h11H,1-10H2,(H,19,20). The minimum atomic E-state index is -0.688. The quantitative estimate of drug-likeness (QED) is 0.834. The molecule has 2 saturated carbocycles. The fourth-order valence-electron chi connectivity index (χ4n) is 3.20. The van der Waals surface area contributed by atoms with Crippen molar-refractivity contribution in [2.24, 2.45) is 11.3 Å². The van der Waals surface area contributed by atoms with Crippen LogP contribution in [0.2, 0.25) is 0 Å². The van der Waals surface area contributed by atoms with Crippen molar-refractivity contribution in [1.29, 1.82) is 0 Å². The van der Waals surface area contributed by atoms with Crippen molar-refractivity contribution < 1.29 is 9.90 Å². The van der Waals surface area contributed by atoms with E-state index in [-0.39, 0.29) is 0 Å². The largest absolute Gasteiger partial charge is 0.481 e. The fraction of sp³-hybridized carbons (Fsp3) is 0.857. The van der Waals surface area contributed by atoms with Crippen molar-refractivity contribution in [3.63, 3.8) is 0 Å². The molecule has 0 spiro atoms. The van der Waals surface area contributed by atoms with E-state index in [0.717, 1.165) is 50.8 Å². The molecule has 3 rings (SSSR count). The summed E-state index contributed by atoms with van der Waals surface area (Å²) in [6, 6.07) is 0. The Hall–Kier alpha value is -1.46. The molecular weight excluding hydrogens is 256 g/mol. The average molecular weight is 278 g/mol. The number of hydrogen-bond donors (Lipinski definition) is 1. The summed E-state index contributed by atoms with van der Waals surface area (Å²) < 4.78 is 1.75. The minimum absolute atomic E-state index is 0.428. The van der Waals surface area contributed by atoms with Crippen molar-refractivity contribution in [3.05, 3.63) is 5.82 Å². The first-order valence-corrected chi connectivity index (χ1v) is 7.68. The highest BCUT2D eigenvalue weighted by atomic mass is 16.4. The molecule has 110 valence electrons. The number of aromatic nitrogens is 4. The van der Waals surface area contributed by atoms with Crippen LogP contribution in [0.25, 0.3) is 0 Å². The lowest BCUT2D eigenvalue weighted by atomic mass is 9.80. The molecule has 1 N–H and O–H groups in total. The molecule has 2 fully saturated rings. The van der Waals surface area contributed by atoms with Crippen LogP contribution in [-0.4, -0.2) is 31.3 Å². The normalized spacial score (nSPS) is 22.4. The number of carbonyl (C=O) groups is 1. The van der Waals surface area contributed by atoms with Gasteiger partial charge in [-0.25, -0.2) is 4.68 Å². The van der Waals surface area contributed by atoms with Gasteiger partial charge in [-0.3, -0.25) is 4.79 Å². The van der Waals surface area contributed by atoms with Crippen LogP contribution in [0, 0.1) is 11.3 Å². The summed E-state index contributed by atoms with van der Waals surface area (Å²) in [7, 11) is 0. The van der Waals surface area contributed by atoms with E-state index in [1.165, 1.54) is 12.8 Å². The lowest BCUT2D eigenvalue weighted by Gasteiger charge is -2.27. The van der Waals surface area contributed by atoms with Gasteiger partial charge in [-0.15, -0.1) is 5.10 Å². The summed E-state index contributed by atoms with van der Waals surface area (Å²) in [5, 5.41) is 21.6. The Morgan fingerprint density at radius 3 is 2.55 bits per heavy atom. The second-order valence-corrected chi connectivity index (χ2v) is 6.40. The molecule has 1 aromatic heterocycles. The molecule has 0 radical (unpaired) electrons. The van der Waals surface area contributed by atoms with Crippen molar-refractivity contribution >= 4 is 5.97 Å². The van der Waals surface area contributed by atoms with Gasteiger partial charge in [0.2, 0.25) is 0 Å². The van der Waals surface area contributed by atoms with Crippen LogP contribution < -0.4 is 0 Å². The van der Waals surface area contributed by atoms with Gasteiger partial charge in [-0.05, 0) is 42.0 Å². The van der Waals surface area contributed by atoms with Gasteiger partial charge in [0, 0.05) is 6.42 Å². The number of hydrogen-bond acceptors (Lipinski definition) is 4. The lowest BCUT2D eigenvalue weighted by molar-refractivity contribution is -0.151. The van der Waals surface area contributed by atoms with Gasteiger partial charge >= 0.3 is 5.97 Å². The van der Waals surface area contributed by atoms with Crippen LogP contribution in [0.5, 0.6) is 0 Å². The van der Waals surface area contributed by atoms with E-state index in [0.29, 0.717) is 12.5 Å². The smallest absolute Gasteiger partial charge is 0.311 e. The maximum absolute atomic E-state index is 11.8. The first kappa shape index (κ1) is 13.5. The van der Waals surface area contributed by atoms with Crippen LogP contribution in [0.15, 0.2) is 0 Å². The highest BCUT2D eigenvalue weighted by Crippen LogP contribution is 2.37. The summed E-state index contributed by atoms with van der Waals surface area (Å²) in [6.07, 6.45) is 9.13. The van der Waals surface area contributed by atoms with Gasteiger partial charge in [0.15, 0.2) is 5.82 Å². The Bertz CT molecular complexity index is 473. The third-order valence-electron chi connectivity index (χ3n) is 4.74. The number of rotatable bonds is 5. The number of aliphatic carboxylic acids is 1. The number of nitrogens with zero attached hydrogens (tertiary/aromatic N) is 4. The summed E-state index contributed by atoms with van der Waals surface area (Å²) in [6.45, 7) is 0.428. The molecule has 1 aromatic rings. The number of tetrazole rings is 1. The molecule has 0 saturated heterocycles. The first-order valence-electron chi connectivity index (χ1n) is 7.68. The van der Waals surface area contributed by atoms with E-state index < -0.39 is 11.4 Å². The molecule has 6 heteroatoms. The van der Waals surface area contributed by atoms with Gasteiger partial charge in [0.05, 0.1) is 12.0 Å². The average Bonchev–Trinajstić information content (AvgIpc) is 3.17. The molecule has 20 heavy (non-hydrogen) atoms. The lowest BCUT2D eigenvalue weighted by Crippen LogP contribution is -2.36. The van der Waals surface area contributed by atoms with E-state index in [1.807, 2.05) is 0 Å². The molecule has 1 heterocycles. The molecule has 0 atom stereocenters. The van der Waals surface area contributed by atoms with Gasteiger partial charge in [0.1, 0.15) is 0 Å². The summed E-state index contributed by atoms with van der Waals surface area (Å²) in [4.78, 5) is 11.8. The Balaban J connectivity index is 1.78. The SMILES string of the molecule is O=C(O)C1(Cn2nnnc2CC2CC2)CCCCCC1. The van der Waals surface area contributed by atoms with Gasteiger partial charge in [0.25, 0.3) is 0 Å². The fourth-order valence-corrected chi connectivity index (χ4v) is 3.20. The highest BCUT2D eigenvalue weighted by molar-refractivity contribution is 5.74. The Morgan fingerprint density at radius 2 is 1.95 bits per heavy atom. The van der Waals surface area contributed by atoms with E-state index in [2.05, 4.69) is 15.5 Å². The molecule has 0 aromatic carbocycles. The topological polar surface area (TPSA) is 80.9 Å². The third-order valence-corrected chi connectivity index (χ3v) is 4.74. The van der Waals surface area contributed by atoms with Crippen molar-refractivity contribution in [2.45, 2.75) is 64.3 Å². The van der Waals surface area contributed by atoms with Crippen molar-refractivity contribution in [3.8, 4) is 0 Å². The van der Waals surface area contributed by atoms with Crippen LogP contribution in [0.3, 0.4) is 0 Å². The summed E-state index contributed by atoms with van der Waals surface area (Å²) in [5.41, 5.74) is -0.676.